The number of hydrogen-bond donors (Lipinski definition) is 2. The van der Waals surface area contributed by atoms with Crippen LogP contribution in [0.2, 0.25) is 0 Å². The molecule has 3 heterocycles. The van der Waals surface area contributed by atoms with E-state index in [1.54, 1.807) is 18.1 Å². The summed E-state index contributed by atoms with van der Waals surface area (Å²) >= 11 is 1.76. The van der Waals surface area contributed by atoms with Crippen molar-refractivity contribution < 1.29 is 0 Å². The lowest BCUT2D eigenvalue weighted by molar-refractivity contribution is 0.478. The quantitative estimate of drug-likeness (QED) is 0.703. The summed E-state index contributed by atoms with van der Waals surface area (Å²) in [6.07, 6.45) is 8.17. The summed E-state index contributed by atoms with van der Waals surface area (Å²) < 4.78 is 2.14. The van der Waals surface area contributed by atoms with Crippen molar-refractivity contribution in [1.82, 2.24) is 19.9 Å². The highest BCUT2D eigenvalue weighted by molar-refractivity contribution is 7.98. The predicted octanol–water partition coefficient (Wildman–Crippen LogP) is 3.52. The zero-order valence-electron chi connectivity index (χ0n) is 14.6. The molecule has 4 rings (SSSR count). The van der Waals surface area contributed by atoms with Crippen LogP contribution in [0.1, 0.15) is 12.8 Å². The van der Waals surface area contributed by atoms with E-state index in [2.05, 4.69) is 68.9 Å². The third-order valence-electron chi connectivity index (χ3n) is 4.83. The molecule has 3 aromatic rings. The van der Waals surface area contributed by atoms with Gasteiger partial charge in [-0.1, -0.05) is 12.1 Å². The topological polar surface area (TPSA) is 54.8 Å². The number of nitrogens with one attached hydrogen (secondary N) is 2. The highest BCUT2D eigenvalue weighted by Gasteiger charge is 2.18. The SMILES string of the molecule is CSc1ccc(-c2cn(C)c3c(NC4CCNCC4)ncnc23)cc1. The first-order chi connectivity index (χ1) is 12.3. The molecule has 0 unspecified atom stereocenters. The first kappa shape index (κ1) is 16.4. The Hall–Kier alpha value is -2.05. The van der Waals surface area contributed by atoms with Crippen LogP contribution in [0.25, 0.3) is 22.2 Å². The molecule has 2 N–H and O–H groups in total. The number of anilines is 1. The van der Waals surface area contributed by atoms with E-state index in [4.69, 9.17) is 0 Å². The summed E-state index contributed by atoms with van der Waals surface area (Å²) in [5.41, 5.74) is 4.42. The van der Waals surface area contributed by atoms with Gasteiger partial charge < -0.3 is 15.2 Å². The number of thioether (sulfide) groups is 1. The molecule has 0 atom stereocenters. The van der Waals surface area contributed by atoms with E-state index in [0.29, 0.717) is 6.04 Å². The third kappa shape index (κ3) is 3.24. The Bertz CT molecular complexity index is 865. The van der Waals surface area contributed by atoms with Gasteiger partial charge in [-0.15, -0.1) is 11.8 Å². The number of fused-ring (bicyclic) bond motifs is 1. The number of hydrogen-bond acceptors (Lipinski definition) is 5. The van der Waals surface area contributed by atoms with Gasteiger partial charge in [0.1, 0.15) is 17.4 Å². The molecule has 0 bridgehead atoms. The van der Waals surface area contributed by atoms with Crippen molar-refractivity contribution in [3.05, 3.63) is 36.8 Å². The number of piperidine rings is 1. The molecular formula is C19H23N5S. The van der Waals surface area contributed by atoms with E-state index >= 15 is 0 Å². The Morgan fingerprint density at radius 2 is 1.92 bits per heavy atom. The molecule has 6 heteroatoms. The van der Waals surface area contributed by atoms with Crippen molar-refractivity contribution in [3.8, 4) is 11.1 Å². The minimum atomic E-state index is 0.471. The van der Waals surface area contributed by atoms with Crippen LogP contribution in [0.15, 0.2) is 41.7 Å². The van der Waals surface area contributed by atoms with Crippen LogP contribution in [-0.4, -0.2) is 39.9 Å². The van der Waals surface area contributed by atoms with Crippen LogP contribution in [0.5, 0.6) is 0 Å². The van der Waals surface area contributed by atoms with Gasteiger partial charge in [-0.05, 0) is 49.9 Å². The summed E-state index contributed by atoms with van der Waals surface area (Å²) in [7, 11) is 2.07. The Balaban J connectivity index is 1.73. The van der Waals surface area contributed by atoms with E-state index in [0.717, 1.165) is 48.3 Å². The van der Waals surface area contributed by atoms with Crippen molar-refractivity contribution in [1.29, 1.82) is 0 Å². The van der Waals surface area contributed by atoms with E-state index in [9.17, 15) is 0 Å². The third-order valence-corrected chi connectivity index (χ3v) is 5.58. The summed E-state index contributed by atoms with van der Waals surface area (Å²) in [6.45, 7) is 2.12. The second-order valence-electron chi connectivity index (χ2n) is 6.47. The average molecular weight is 353 g/mol. The lowest BCUT2D eigenvalue weighted by atomic mass is 10.1. The fraction of sp³-hybridized carbons (Fsp3) is 0.368. The second kappa shape index (κ2) is 7.06. The molecule has 2 aromatic heterocycles. The largest absolute Gasteiger partial charge is 0.365 e. The standard InChI is InChI=1S/C19H23N5S/c1-24-11-16(13-3-5-15(25-2)6-4-13)17-18(24)19(22-12-21-17)23-14-7-9-20-10-8-14/h3-6,11-12,14,20H,7-10H2,1-2H3,(H,21,22,23). The maximum Gasteiger partial charge on any atom is 0.154 e. The van der Waals surface area contributed by atoms with Gasteiger partial charge >= 0.3 is 0 Å². The van der Waals surface area contributed by atoms with Crippen LogP contribution < -0.4 is 10.6 Å². The summed E-state index contributed by atoms with van der Waals surface area (Å²) in [4.78, 5) is 10.4. The summed E-state index contributed by atoms with van der Waals surface area (Å²) in [5.74, 6) is 0.936. The number of benzene rings is 1. The van der Waals surface area contributed by atoms with Crippen molar-refractivity contribution in [2.75, 3.05) is 24.7 Å². The van der Waals surface area contributed by atoms with Crippen LogP contribution in [-0.2, 0) is 7.05 Å². The first-order valence-corrected chi connectivity index (χ1v) is 9.90. The van der Waals surface area contributed by atoms with Gasteiger partial charge in [-0.2, -0.15) is 0 Å². The first-order valence-electron chi connectivity index (χ1n) is 8.68. The Morgan fingerprint density at radius 3 is 2.64 bits per heavy atom. The van der Waals surface area contributed by atoms with Gasteiger partial charge in [0.25, 0.3) is 0 Å². The lowest BCUT2D eigenvalue weighted by Gasteiger charge is -2.24. The van der Waals surface area contributed by atoms with Crippen LogP contribution in [0.3, 0.4) is 0 Å². The summed E-state index contributed by atoms with van der Waals surface area (Å²) in [6, 6.07) is 9.13. The smallest absolute Gasteiger partial charge is 0.154 e. The van der Waals surface area contributed by atoms with Crippen LogP contribution >= 0.6 is 11.8 Å². The van der Waals surface area contributed by atoms with Crippen molar-refractivity contribution in [2.45, 2.75) is 23.8 Å². The van der Waals surface area contributed by atoms with Crippen LogP contribution in [0.4, 0.5) is 5.82 Å². The number of aromatic nitrogens is 3. The molecule has 1 aliphatic rings. The second-order valence-corrected chi connectivity index (χ2v) is 7.35. The molecule has 1 saturated heterocycles. The predicted molar refractivity (Wildman–Crippen MR) is 105 cm³/mol. The monoisotopic (exact) mass is 353 g/mol. The molecule has 0 radical (unpaired) electrons. The fourth-order valence-electron chi connectivity index (χ4n) is 3.48. The molecular weight excluding hydrogens is 330 g/mol. The molecule has 1 aromatic carbocycles. The van der Waals surface area contributed by atoms with E-state index in [1.807, 2.05) is 0 Å². The number of aryl methyl sites for hydroxylation is 1. The van der Waals surface area contributed by atoms with Gasteiger partial charge in [0.05, 0.1) is 0 Å². The Kier molecular flexibility index (Phi) is 4.63. The number of rotatable bonds is 4. The van der Waals surface area contributed by atoms with Gasteiger partial charge in [0.2, 0.25) is 0 Å². The zero-order valence-corrected chi connectivity index (χ0v) is 15.4. The van der Waals surface area contributed by atoms with Gasteiger partial charge in [0.15, 0.2) is 5.82 Å². The maximum absolute atomic E-state index is 4.59. The average Bonchev–Trinajstić information content (AvgIpc) is 3.00. The summed E-state index contributed by atoms with van der Waals surface area (Å²) in [5, 5.41) is 7.04. The maximum atomic E-state index is 4.59. The van der Waals surface area contributed by atoms with E-state index < -0.39 is 0 Å². The normalized spacial score (nSPS) is 15.6. The Labute approximate surface area is 152 Å². The fourth-order valence-corrected chi connectivity index (χ4v) is 3.88. The van der Waals surface area contributed by atoms with Gasteiger partial charge in [0, 0.05) is 29.7 Å². The van der Waals surface area contributed by atoms with Crippen LogP contribution in [0, 0.1) is 0 Å². The highest BCUT2D eigenvalue weighted by Crippen LogP contribution is 2.32. The van der Waals surface area contributed by atoms with Gasteiger partial charge in [-0.3, -0.25) is 0 Å². The minimum Gasteiger partial charge on any atom is -0.365 e. The molecule has 1 fully saturated rings. The van der Waals surface area contributed by atoms with Crippen molar-refractivity contribution >= 4 is 28.6 Å². The molecule has 1 aliphatic heterocycles. The Morgan fingerprint density at radius 1 is 1.16 bits per heavy atom. The molecule has 130 valence electrons. The van der Waals surface area contributed by atoms with Crippen molar-refractivity contribution in [2.24, 2.45) is 7.05 Å². The molecule has 5 nitrogen and oxygen atoms in total. The molecule has 0 aliphatic carbocycles. The van der Waals surface area contributed by atoms with E-state index in [1.165, 1.54) is 10.5 Å². The van der Waals surface area contributed by atoms with E-state index in [-0.39, 0.29) is 0 Å². The lowest BCUT2D eigenvalue weighted by Crippen LogP contribution is -2.35. The molecule has 0 amide bonds. The molecule has 25 heavy (non-hydrogen) atoms. The molecule has 0 saturated carbocycles. The van der Waals surface area contributed by atoms with Gasteiger partial charge in [-0.25, -0.2) is 9.97 Å². The molecule has 0 spiro atoms. The number of nitrogens with zero attached hydrogens (tertiary/aromatic N) is 3. The highest BCUT2D eigenvalue weighted by atomic mass is 32.2. The minimum absolute atomic E-state index is 0.471. The van der Waals surface area contributed by atoms with Crippen molar-refractivity contribution in [3.63, 3.8) is 0 Å². The zero-order chi connectivity index (χ0) is 17.2.